The van der Waals surface area contributed by atoms with Crippen LogP contribution < -0.4 is 5.32 Å². The van der Waals surface area contributed by atoms with Crippen molar-refractivity contribution >= 4 is 0 Å². The lowest BCUT2D eigenvalue weighted by Gasteiger charge is -2.25. The number of hydrogen-bond donors (Lipinski definition) is 1. The molecule has 2 heterocycles. The summed E-state index contributed by atoms with van der Waals surface area (Å²) in [5, 5.41) is 7.48. The Labute approximate surface area is 97.0 Å². The third-order valence-corrected chi connectivity index (χ3v) is 3.26. The molecule has 0 radical (unpaired) electrons. The van der Waals surface area contributed by atoms with Crippen LogP contribution in [0.2, 0.25) is 0 Å². The van der Waals surface area contributed by atoms with Crippen molar-refractivity contribution in [1.82, 2.24) is 15.4 Å². The Morgan fingerprint density at radius 1 is 1.50 bits per heavy atom. The van der Waals surface area contributed by atoms with Gasteiger partial charge in [-0.3, -0.25) is 4.90 Å². The molecule has 0 spiro atoms. The summed E-state index contributed by atoms with van der Waals surface area (Å²) >= 11 is 0. The fraction of sp³-hybridized carbons (Fsp3) is 0.750. The molecule has 90 valence electrons. The first-order chi connectivity index (χ1) is 7.75. The highest BCUT2D eigenvalue weighted by Gasteiger charge is 2.17. The van der Waals surface area contributed by atoms with Crippen LogP contribution in [0.5, 0.6) is 0 Å². The van der Waals surface area contributed by atoms with Gasteiger partial charge in [-0.15, -0.1) is 0 Å². The van der Waals surface area contributed by atoms with Gasteiger partial charge in [0.1, 0.15) is 5.76 Å². The smallest absolute Gasteiger partial charge is 0.133 e. The molecular weight excluding hydrogens is 202 g/mol. The molecule has 16 heavy (non-hydrogen) atoms. The first-order valence-corrected chi connectivity index (χ1v) is 6.09. The Morgan fingerprint density at radius 3 is 3.12 bits per heavy atom. The number of rotatable bonds is 3. The highest BCUT2D eigenvalue weighted by Crippen LogP contribution is 2.14. The van der Waals surface area contributed by atoms with E-state index in [4.69, 9.17) is 4.52 Å². The van der Waals surface area contributed by atoms with Crippen LogP contribution in [-0.4, -0.2) is 36.2 Å². The van der Waals surface area contributed by atoms with Crippen LogP contribution in [0.25, 0.3) is 0 Å². The minimum Gasteiger partial charge on any atom is -0.361 e. The Bertz CT molecular complexity index is 316. The first kappa shape index (κ1) is 11.6. The van der Waals surface area contributed by atoms with Crippen molar-refractivity contribution in [3.8, 4) is 0 Å². The summed E-state index contributed by atoms with van der Waals surface area (Å²) in [6.45, 7) is 5.12. The molecule has 2 rings (SSSR count). The minimum absolute atomic E-state index is 0.673. The quantitative estimate of drug-likeness (QED) is 0.844. The molecule has 1 N–H and O–H groups in total. The molecule has 0 bridgehead atoms. The van der Waals surface area contributed by atoms with Crippen LogP contribution in [0.3, 0.4) is 0 Å². The van der Waals surface area contributed by atoms with Crippen molar-refractivity contribution in [1.29, 1.82) is 0 Å². The number of nitrogens with one attached hydrogen (secondary N) is 1. The maximum absolute atomic E-state index is 5.09. The van der Waals surface area contributed by atoms with Crippen molar-refractivity contribution in [3.63, 3.8) is 0 Å². The normalized spacial score (nSPS) is 22.3. The number of hydrogen-bond acceptors (Lipinski definition) is 4. The molecule has 0 amide bonds. The van der Waals surface area contributed by atoms with Gasteiger partial charge in [0.15, 0.2) is 0 Å². The Kier molecular flexibility index (Phi) is 3.96. The Morgan fingerprint density at radius 2 is 2.38 bits per heavy atom. The molecule has 1 aromatic heterocycles. The number of aromatic nitrogens is 1. The van der Waals surface area contributed by atoms with Crippen LogP contribution >= 0.6 is 0 Å². The highest BCUT2D eigenvalue weighted by molar-refractivity contribution is 5.03. The van der Waals surface area contributed by atoms with Gasteiger partial charge in [-0.2, -0.15) is 0 Å². The van der Waals surface area contributed by atoms with E-state index in [9.17, 15) is 0 Å². The van der Waals surface area contributed by atoms with Gasteiger partial charge in [-0.05, 0) is 46.3 Å². The molecular formula is C12H21N3O. The van der Waals surface area contributed by atoms with Crippen molar-refractivity contribution in [2.24, 2.45) is 0 Å². The molecule has 1 atom stereocenters. The number of nitrogens with zero attached hydrogens (tertiary/aromatic N) is 2. The van der Waals surface area contributed by atoms with Crippen molar-refractivity contribution in [2.45, 2.75) is 38.8 Å². The minimum atomic E-state index is 0.673. The van der Waals surface area contributed by atoms with Crippen molar-refractivity contribution in [2.75, 3.05) is 20.1 Å². The zero-order chi connectivity index (χ0) is 11.4. The van der Waals surface area contributed by atoms with Gasteiger partial charge in [0, 0.05) is 18.7 Å². The van der Waals surface area contributed by atoms with Crippen LogP contribution in [0.4, 0.5) is 0 Å². The standard InChI is InChI=1S/C12H21N3O/c1-10-8-11(14-16-10)9-15(2)12-4-3-6-13-7-5-12/h8,12-13H,3-7,9H2,1-2H3. The van der Waals surface area contributed by atoms with E-state index in [1.165, 1.54) is 19.3 Å². The maximum atomic E-state index is 5.09. The van der Waals surface area contributed by atoms with Crippen molar-refractivity contribution in [3.05, 3.63) is 17.5 Å². The molecule has 4 heteroatoms. The van der Waals surface area contributed by atoms with Crippen LogP contribution in [0.15, 0.2) is 10.6 Å². The molecule has 0 saturated carbocycles. The molecule has 4 nitrogen and oxygen atoms in total. The summed E-state index contributed by atoms with van der Waals surface area (Å²) in [4.78, 5) is 2.39. The predicted octanol–water partition coefficient (Wildman–Crippen LogP) is 1.56. The topological polar surface area (TPSA) is 41.3 Å². The van der Waals surface area contributed by atoms with E-state index in [0.29, 0.717) is 6.04 Å². The molecule has 1 aliphatic heterocycles. The Hall–Kier alpha value is -0.870. The van der Waals surface area contributed by atoms with Crippen molar-refractivity contribution < 1.29 is 4.52 Å². The molecule has 0 aliphatic carbocycles. The average molecular weight is 223 g/mol. The van der Waals surface area contributed by atoms with E-state index >= 15 is 0 Å². The lowest BCUT2D eigenvalue weighted by molar-refractivity contribution is 0.210. The monoisotopic (exact) mass is 223 g/mol. The van der Waals surface area contributed by atoms with E-state index in [0.717, 1.165) is 31.1 Å². The average Bonchev–Trinajstić information content (AvgIpc) is 2.56. The second-order valence-corrected chi connectivity index (χ2v) is 4.68. The molecule has 1 fully saturated rings. The van der Waals surface area contributed by atoms with Gasteiger partial charge >= 0.3 is 0 Å². The summed E-state index contributed by atoms with van der Waals surface area (Å²) in [5.74, 6) is 0.894. The molecule has 1 unspecified atom stereocenters. The zero-order valence-corrected chi connectivity index (χ0v) is 10.2. The molecule has 1 aromatic rings. The summed E-state index contributed by atoms with van der Waals surface area (Å²) in [7, 11) is 2.18. The van der Waals surface area contributed by atoms with Crippen LogP contribution in [0.1, 0.15) is 30.7 Å². The first-order valence-electron chi connectivity index (χ1n) is 6.09. The third kappa shape index (κ3) is 3.06. The SMILES string of the molecule is Cc1cc(CN(C)C2CCCNCC2)no1. The van der Waals surface area contributed by atoms with Gasteiger partial charge in [-0.1, -0.05) is 5.16 Å². The highest BCUT2D eigenvalue weighted by atomic mass is 16.5. The fourth-order valence-corrected chi connectivity index (χ4v) is 2.32. The summed E-state index contributed by atoms with van der Waals surface area (Å²) in [5.41, 5.74) is 1.04. The van der Waals surface area contributed by atoms with E-state index in [1.54, 1.807) is 0 Å². The fourth-order valence-electron chi connectivity index (χ4n) is 2.32. The lowest BCUT2D eigenvalue weighted by atomic mass is 10.1. The Balaban J connectivity index is 1.88. The largest absolute Gasteiger partial charge is 0.361 e. The van der Waals surface area contributed by atoms with E-state index in [1.807, 2.05) is 13.0 Å². The second-order valence-electron chi connectivity index (χ2n) is 4.68. The molecule has 1 saturated heterocycles. The van der Waals surface area contributed by atoms with Crippen LogP contribution in [0, 0.1) is 6.92 Å². The molecule has 0 aromatic carbocycles. The zero-order valence-electron chi connectivity index (χ0n) is 10.2. The maximum Gasteiger partial charge on any atom is 0.133 e. The summed E-state index contributed by atoms with van der Waals surface area (Å²) < 4.78 is 5.09. The van der Waals surface area contributed by atoms with Gasteiger partial charge < -0.3 is 9.84 Å². The van der Waals surface area contributed by atoms with Gasteiger partial charge in [0.05, 0.1) is 5.69 Å². The summed E-state index contributed by atoms with van der Waals surface area (Å²) in [6, 6.07) is 2.69. The van der Waals surface area contributed by atoms with Gasteiger partial charge in [-0.25, -0.2) is 0 Å². The third-order valence-electron chi connectivity index (χ3n) is 3.26. The molecule has 1 aliphatic rings. The van der Waals surface area contributed by atoms with Gasteiger partial charge in [0.25, 0.3) is 0 Å². The lowest BCUT2D eigenvalue weighted by Crippen LogP contribution is -2.32. The van der Waals surface area contributed by atoms with Gasteiger partial charge in [0.2, 0.25) is 0 Å². The van der Waals surface area contributed by atoms with E-state index in [-0.39, 0.29) is 0 Å². The van der Waals surface area contributed by atoms with Crippen LogP contribution in [-0.2, 0) is 6.54 Å². The number of aryl methyl sites for hydroxylation is 1. The second kappa shape index (κ2) is 5.46. The van der Waals surface area contributed by atoms with E-state index < -0.39 is 0 Å². The predicted molar refractivity (Wildman–Crippen MR) is 63.2 cm³/mol. The van der Waals surface area contributed by atoms with E-state index in [2.05, 4.69) is 22.4 Å². The summed E-state index contributed by atoms with van der Waals surface area (Å²) in [6.07, 6.45) is 3.78.